The van der Waals surface area contributed by atoms with Gasteiger partial charge >= 0.3 is 0 Å². The lowest BCUT2D eigenvalue weighted by atomic mass is 10.2. The van der Waals surface area contributed by atoms with Crippen molar-refractivity contribution in [3.05, 3.63) is 58.6 Å². The highest BCUT2D eigenvalue weighted by Gasteiger charge is 2.17. The van der Waals surface area contributed by atoms with E-state index in [1.54, 1.807) is 12.1 Å². The number of rotatable bonds is 5. The van der Waals surface area contributed by atoms with E-state index >= 15 is 0 Å². The highest BCUT2D eigenvalue weighted by molar-refractivity contribution is 7.80. The van der Waals surface area contributed by atoms with Crippen LogP contribution in [0.15, 0.2) is 42.5 Å². The van der Waals surface area contributed by atoms with Crippen molar-refractivity contribution < 1.29 is 9.53 Å². The molecule has 1 amide bonds. The third kappa shape index (κ3) is 4.74. The number of likely N-dealkylation sites (tertiary alicyclic amines) is 1. The summed E-state index contributed by atoms with van der Waals surface area (Å²) < 4.78 is 5.55. The average Bonchev–Trinajstić information content (AvgIpc) is 3.16. The Morgan fingerprint density at radius 1 is 1.19 bits per heavy atom. The second kappa shape index (κ2) is 8.52. The summed E-state index contributed by atoms with van der Waals surface area (Å²) in [6.45, 7) is 3.88. The van der Waals surface area contributed by atoms with Gasteiger partial charge in [0.15, 0.2) is 6.61 Å². The fourth-order valence-electron chi connectivity index (χ4n) is 2.83. The van der Waals surface area contributed by atoms with Crippen LogP contribution >= 0.6 is 23.8 Å². The molecule has 0 atom stereocenters. The van der Waals surface area contributed by atoms with E-state index in [1.165, 1.54) is 12.8 Å². The van der Waals surface area contributed by atoms with Crippen molar-refractivity contribution in [2.24, 2.45) is 0 Å². The molecule has 0 radical (unpaired) electrons. The second-order valence-corrected chi connectivity index (χ2v) is 7.14. The van der Waals surface area contributed by atoms with Crippen molar-refractivity contribution in [1.82, 2.24) is 4.90 Å². The molecule has 6 heteroatoms. The van der Waals surface area contributed by atoms with Crippen LogP contribution in [0.25, 0.3) is 0 Å². The van der Waals surface area contributed by atoms with E-state index in [0.29, 0.717) is 10.8 Å². The standard InChI is InChI=1S/C20H21ClN2O2S/c1-14-4-7-16(8-5-14)22-19(24)13-25-18-9-6-15(12-17(18)21)20(26)23-10-2-3-11-23/h4-9,12H,2-3,10-11,13H2,1H3,(H,22,24). The molecule has 3 rings (SSSR count). The van der Waals surface area contributed by atoms with Crippen LogP contribution in [0.5, 0.6) is 5.75 Å². The van der Waals surface area contributed by atoms with Crippen LogP contribution in [0.4, 0.5) is 5.69 Å². The van der Waals surface area contributed by atoms with Crippen LogP contribution in [-0.4, -0.2) is 35.5 Å². The monoisotopic (exact) mass is 388 g/mol. The maximum atomic E-state index is 12.0. The van der Waals surface area contributed by atoms with Crippen LogP contribution in [0, 0.1) is 6.92 Å². The van der Waals surface area contributed by atoms with Gasteiger partial charge in [-0.05, 0) is 50.1 Å². The molecule has 1 fully saturated rings. The number of carbonyl (C=O) groups is 1. The van der Waals surface area contributed by atoms with Crippen molar-refractivity contribution in [2.75, 3.05) is 25.0 Å². The fraction of sp³-hybridized carbons (Fsp3) is 0.300. The van der Waals surface area contributed by atoms with E-state index in [4.69, 9.17) is 28.6 Å². The number of amides is 1. The molecule has 0 unspecified atom stereocenters. The van der Waals surface area contributed by atoms with Gasteiger partial charge < -0.3 is 15.0 Å². The van der Waals surface area contributed by atoms with Gasteiger partial charge in [0.05, 0.1) is 5.02 Å². The predicted octanol–water partition coefficient (Wildman–Crippen LogP) is 4.44. The van der Waals surface area contributed by atoms with E-state index in [0.717, 1.165) is 34.9 Å². The molecule has 2 aromatic rings. The SMILES string of the molecule is Cc1ccc(NC(=O)COc2ccc(C(=S)N3CCCC3)cc2Cl)cc1. The minimum absolute atomic E-state index is 0.108. The Morgan fingerprint density at radius 3 is 2.54 bits per heavy atom. The van der Waals surface area contributed by atoms with Gasteiger partial charge in [0.2, 0.25) is 0 Å². The summed E-state index contributed by atoms with van der Waals surface area (Å²) >= 11 is 11.8. The second-order valence-electron chi connectivity index (χ2n) is 6.35. The number of nitrogens with zero attached hydrogens (tertiary/aromatic N) is 1. The highest BCUT2D eigenvalue weighted by Crippen LogP contribution is 2.27. The third-order valence-electron chi connectivity index (χ3n) is 4.27. The summed E-state index contributed by atoms with van der Waals surface area (Å²) in [4.78, 5) is 15.0. The molecule has 1 aliphatic heterocycles. The van der Waals surface area contributed by atoms with Crippen molar-refractivity contribution in [2.45, 2.75) is 19.8 Å². The van der Waals surface area contributed by atoms with Crippen molar-refractivity contribution in [3.63, 3.8) is 0 Å². The van der Waals surface area contributed by atoms with Gasteiger partial charge in [-0.3, -0.25) is 4.79 Å². The average molecular weight is 389 g/mol. The maximum Gasteiger partial charge on any atom is 0.262 e. The highest BCUT2D eigenvalue weighted by atomic mass is 35.5. The first-order chi connectivity index (χ1) is 12.5. The number of benzene rings is 2. The molecule has 0 saturated carbocycles. The number of hydrogen-bond acceptors (Lipinski definition) is 3. The molecule has 0 spiro atoms. The van der Waals surface area contributed by atoms with Crippen molar-refractivity contribution in [3.8, 4) is 5.75 Å². The Morgan fingerprint density at radius 2 is 1.88 bits per heavy atom. The molecule has 26 heavy (non-hydrogen) atoms. The van der Waals surface area contributed by atoms with Gasteiger partial charge in [0, 0.05) is 24.3 Å². The number of hydrogen-bond donors (Lipinski definition) is 1. The fourth-order valence-corrected chi connectivity index (χ4v) is 3.38. The van der Waals surface area contributed by atoms with Crippen LogP contribution in [0.1, 0.15) is 24.0 Å². The summed E-state index contributed by atoms with van der Waals surface area (Å²) in [5.74, 6) is 0.236. The predicted molar refractivity (Wildman–Crippen MR) is 109 cm³/mol. The van der Waals surface area contributed by atoms with Gasteiger partial charge in [-0.1, -0.05) is 41.5 Å². The largest absolute Gasteiger partial charge is 0.482 e. The van der Waals surface area contributed by atoms with E-state index in [1.807, 2.05) is 37.3 Å². The Balaban J connectivity index is 1.56. The summed E-state index contributed by atoms with van der Waals surface area (Å²) in [6, 6.07) is 13.0. The normalized spacial score (nSPS) is 13.5. The summed E-state index contributed by atoms with van der Waals surface area (Å²) in [6.07, 6.45) is 2.34. The lowest BCUT2D eigenvalue weighted by molar-refractivity contribution is -0.118. The first-order valence-corrected chi connectivity index (χ1v) is 9.40. The molecular weight excluding hydrogens is 368 g/mol. The number of halogens is 1. The molecule has 0 bridgehead atoms. The lowest BCUT2D eigenvalue weighted by Gasteiger charge is -2.19. The summed E-state index contributed by atoms with van der Waals surface area (Å²) in [5, 5.41) is 3.24. The smallest absolute Gasteiger partial charge is 0.262 e. The lowest BCUT2D eigenvalue weighted by Crippen LogP contribution is -2.26. The van der Waals surface area contributed by atoms with E-state index < -0.39 is 0 Å². The summed E-state index contributed by atoms with van der Waals surface area (Å²) in [5.41, 5.74) is 2.78. The number of aryl methyl sites for hydroxylation is 1. The first-order valence-electron chi connectivity index (χ1n) is 8.61. The number of nitrogens with one attached hydrogen (secondary N) is 1. The number of thiocarbonyl (C=S) groups is 1. The molecule has 1 aliphatic rings. The van der Waals surface area contributed by atoms with Crippen LogP contribution < -0.4 is 10.1 Å². The Hall–Kier alpha value is -2.11. The van der Waals surface area contributed by atoms with E-state index in [2.05, 4.69) is 10.2 Å². The van der Waals surface area contributed by atoms with Gasteiger partial charge in [-0.25, -0.2) is 0 Å². The molecule has 0 aliphatic carbocycles. The van der Waals surface area contributed by atoms with Crippen molar-refractivity contribution in [1.29, 1.82) is 0 Å². The number of anilines is 1. The molecule has 1 heterocycles. The molecule has 4 nitrogen and oxygen atoms in total. The number of ether oxygens (including phenoxy) is 1. The van der Waals surface area contributed by atoms with Gasteiger partial charge in [0.1, 0.15) is 10.7 Å². The van der Waals surface area contributed by atoms with Crippen LogP contribution in [-0.2, 0) is 4.79 Å². The molecule has 136 valence electrons. The van der Waals surface area contributed by atoms with Gasteiger partial charge in [-0.15, -0.1) is 0 Å². The quantitative estimate of drug-likeness (QED) is 0.769. The third-order valence-corrected chi connectivity index (χ3v) is 5.06. The Labute approximate surface area is 164 Å². The zero-order valence-electron chi connectivity index (χ0n) is 14.6. The van der Waals surface area contributed by atoms with Gasteiger partial charge in [-0.2, -0.15) is 0 Å². The minimum atomic E-state index is -0.235. The number of carbonyl (C=O) groups excluding carboxylic acids is 1. The topological polar surface area (TPSA) is 41.6 Å². The van der Waals surface area contributed by atoms with E-state index in [9.17, 15) is 4.79 Å². The zero-order valence-corrected chi connectivity index (χ0v) is 16.2. The van der Waals surface area contributed by atoms with E-state index in [-0.39, 0.29) is 12.5 Å². The molecular formula is C20H21ClN2O2S. The van der Waals surface area contributed by atoms with Crippen molar-refractivity contribution >= 4 is 40.4 Å². The molecule has 2 aromatic carbocycles. The molecule has 0 aromatic heterocycles. The summed E-state index contributed by atoms with van der Waals surface area (Å²) in [7, 11) is 0. The van der Waals surface area contributed by atoms with Crippen LogP contribution in [0.3, 0.4) is 0 Å². The Bertz CT molecular complexity index is 802. The molecule has 1 N–H and O–H groups in total. The first kappa shape index (κ1) is 18.7. The minimum Gasteiger partial charge on any atom is -0.482 e. The Kier molecular flexibility index (Phi) is 6.12. The van der Waals surface area contributed by atoms with Crippen LogP contribution in [0.2, 0.25) is 5.02 Å². The maximum absolute atomic E-state index is 12.0. The molecule has 1 saturated heterocycles. The van der Waals surface area contributed by atoms with Gasteiger partial charge in [0.25, 0.3) is 5.91 Å². The zero-order chi connectivity index (χ0) is 18.5.